The maximum atomic E-state index is 11.5. The van der Waals surface area contributed by atoms with Gasteiger partial charge in [-0.1, -0.05) is 0 Å². The lowest BCUT2D eigenvalue weighted by Crippen LogP contribution is -2.33. The highest BCUT2D eigenvalue weighted by molar-refractivity contribution is 5.85. The first kappa shape index (κ1) is 15.2. The lowest BCUT2D eigenvalue weighted by Gasteiger charge is -2.09. The molecule has 0 bridgehead atoms. The molecule has 1 aliphatic rings. The van der Waals surface area contributed by atoms with Crippen molar-refractivity contribution >= 4 is 24.3 Å². The van der Waals surface area contributed by atoms with Gasteiger partial charge in [-0.25, -0.2) is 0 Å². The molecular formula is C10H19ClN2O3. The minimum Gasteiger partial charge on any atom is -0.466 e. The molecule has 1 fully saturated rings. The third-order valence-corrected chi connectivity index (χ3v) is 2.36. The second-order valence-corrected chi connectivity index (χ2v) is 3.54. The summed E-state index contributed by atoms with van der Waals surface area (Å²) in [5.74, 6) is -0.168. The number of rotatable bonds is 5. The molecule has 0 radical (unpaired) electrons. The van der Waals surface area contributed by atoms with Gasteiger partial charge in [0.1, 0.15) is 0 Å². The number of hydrogen-bond acceptors (Lipinski definition) is 4. The molecule has 0 unspecified atom stereocenters. The van der Waals surface area contributed by atoms with Gasteiger partial charge in [0.15, 0.2) is 0 Å². The van der Waals surface area contributed by atoms with Crippen LogP contribution in [0.4, 0.5) is 0 Å². The van der Waals surface area contributed by atoms with E-state index < -0.39 is 0 Å². The average Bonchev–Trinajstić information content (AvgIpc) is 2.70. The van der Waals surface area contributed by atoms with E-state index in [2.05, 4.69) is 10.6 Å². The van der Waals surface area contributed by atoms with Crippen LogP contribution in [-0.4, -0.2) is 38.1 Å². The van der Waals surface area contributed by atoms with Gasteiger partial charge in [0.2, 0.25) is 5.91 Å². The van der Waals surface area contributed by atoms with Crippen LogP contribution in [-0.2, 0) is 14.3 Å². The molecule has 5 nitrogen and oxygen atoms in total. The zero-order valence-corrected chi connectivity index (χ0v) is 10.3. The fraction of sp³-hybridized carbons (Fsp3) is 0.800. The molecule has 1 saturated heterocycles. The van der Waals surface area contributed by atoms with Crippen LogP contribution in [0.25, 0.3) is 0 Å². The standard InChI is InChI=1S/C10H18N2O3.ClH/c1-2-15-9(13)4-6-12-10(14)8-3-5-11-7-8;/h8,11H,2-7H2,1H3,(H,12,14);1H/t8-;/m0./s1. The van der Waals surface area contributed by atoms with Gasteiger partial charge in [-0.05, 0) is 19.9 Å². The van der Waals surface area contributed by atoms with Crippen LogP contribution < -0.4 is 10.6 Å². The Morgan fingerprint density at radius 1 is 1.50 bits per heavy atom. The third-order valence-electron chi connectivity index (χ3n) is 2.36. The number of hydrogen-bond donors (Lipinski definition) is 2. The summed E-state index contributed by atoms with van der Waals surface area (Å²) in [6, 6.07) is 0. The van der Waals surface area contributed by atoms with Gasteiger partial charge >= 0.3 is 5.97 Å². The van der Waals surface area contributed by atoms with E-state index in [1.54, 1.807) is 6.92 Å². The van der Waals surface area contributed by atoms with Gasteiger partial charge < -0.3 is 15.4 Å². The molecule has 1 amide bonds. The van der Waals surface area contributed by atoms with Crippen LogP contribution in [0, 0.1) is 5.92 Å². The molecule has 1 aliphatic heterocycles. The molecule has 1 atom stereocenters. The summed E-state index contributed by atoms with van der Waals surface area (Å²) >= 11 is 0. The Labute approximate surface area is 102 Å². The molecule has 94 valence electrons. The topological polar surface area (TPSA) is 67.4 Å². The Hall–Kier alpha value is -0.810. The number of esters is 1. The Morgan fingerprint density at radius 2 is 2.25 bits per heavy atom. The summed E-state index contributed by atoms with van der Waals surface area (Å²) in [5, 5.41) is 5.85. The second kappa shape index (κ2) is 8.35. The van der Waals surface area contributed by atoms with Crippen molar-refractivity contribution in [2.75, 3.05) is 26.2 Å². The zero-order valence-electron chi connectivity index (χ0n) is 9.45. The van der Waals surface area contributed by atoms with Crippen LogP contribution in [0.2, 0.25) is 0 Å². The summed E-state index contributed by atoms with van der Waals surface area (Å²) in [6.07, 6.45) is 1.13. The first-order valence-corrected chi connectivity index (χ1v) is 5.38. The number of carbonyl (C=O) groups is 2. The van der Waals surface area contributed by atoms with E-state index in [9.17, 15) is 9.59 Å². The summed E-state index contributed by atoms with van der Waals surface area (Å²) in [7, 11) is 0. The van der Waals surface area contributed by atoms with Gasteiger partial charge in [-0.3, -0.25) is 9.59 Å². The molecule has 1 heterocycles. The molecule has 0 aromatic rings. The molecule has 0 saturated carbocycles. The van der Waals surface area contributed by atoms with Crippen molar-refractivity contribution in [1.29, 1.82) is 0 Å². The van der Waals surface area contributed by atoms with E-state index in [1.165, 1.54) is 0 Å². The largest absolute Gasteiger partial charge is 0.466 e. The highest BCUT2D eigenvalue weighted by Crippen LogP contribution is 2.06. The smallest absolute Gasteiger partial charge is 0.307 e. The molecule has 16 heavy (non-hydrogen) atoms. The van der Waals surface area contributed by atoms with Crippen molar-refractivity contribution in [2.45, 2.75) is 19.8 Å². The van der Waals surface area contributed by atoms with E-state index in [4.69, 9.17) is 4.74 Å². The number of amides is 1. The van der Waals surface area contributed by atoms with Crippen molar-refractivity contribution in [3.8, 4) is 0 Å². The van der Waals surface area contributed by atoms with Crippen molar-refractivity contribution in [3.05, 3.63) is 0 Å². The van der Waals surface area contributed by atoms with Crippen LogP contribution in [0.3, 0.4) is 0 Å². The molecule has 2 N–H and O–H groups in total. The van der Waals surface area contributed by atoms with Gasteiger partial charge in [0.05, 0.1) is 18.9 Å². The zero-order chi connectivity index (χ0) is 11.1. The van der Waals surface area contributed by atoms with Gasteiger partial charge in [0.25, 0.3) is 0 Å². The lowest BCUT2D eigenvalue weighted by atomic mass is 10.1. The van der Waals surface area contributed by atoms with Crippen molar-refractivity contribution in [2.24, 2.45) is 5.92 Å². The van der Waals surface area contributed by atoms with Gasteiger partial charge in [-0.15, -0.1) is 12.4 Å². The molecule has 0 aliphatic carbocycles. The minimum absolute atomic E-state index is 0. The van der Waals surface area contributed by atoms with Crippen molar-refractivity contribution in [1.82, 2.24) is 10.6 Å². The molecule has 6 heteroatoms. The summed E-state index contributed by atoms with van der Waals surface area (Å²) in [5.41, 5.74) is 0. The van der Waals surface area contributed by atoms with Crippen LogP contribution in [0.15, 0.2) is 0 Å². The van der Waals surface area contributed by atoms with Gasteiger partial charge in [0, 0.05) is 13.1 Å². The first-order chi connectivity index (χ1) is 7.24. The SMILES string of the molecule is CCOC(=O)CCNC(=O)[C@H]1CCNC1.Cl. The van der Waals surface area contributed by atoms with E-state index in [0.717, 1.165) is 19.5 Å². The minimum atomic E-state index is -0.262. The Balaban J connectivity index is 0.00000225. The van der Waals surface area contributed by atoms with Crippen LogP contribution in [0.5, 0.6) is 0 Å². The highest BCUT2D eigenvalue weighted by Gasteiger charge is 2.21. The first-order valence-electron chi connectivity index (χ1n) is 5.38. The maximum absolute atomic E-state index is 11.5. The average molecular weight is 251 g/mol. The van der Waals surface area contributed by atoms with E-state index in [0.29, 0.717) is 13.2 Å². The molecule has 0 spiro atoms. The number of nitrogens with one attached hydrogen (secondary N) is 2. The van der Waals surface area contributed by atoms with Crippen molar-refractivity contribution in [3.63, 3.8) is 0 Å². The molecular weight excluding hydrogens is 232 g/mol. The normalized spacial score (nSPS) is 18.7. The van der Waals surface area contributed by atoms with E-state index in [-0.39, 0.29) is 36.6 Å². The van der Waals surface area contributed by atoms with E-state index >= 15 is 0 Å². The number of carbonyl (C=O) groups excluding carboxylic acids is 2. The fourth-order valence-electron chi connectivity index (χ4n) is 1.54. The predicted molar refractivity (Wildman–Crippen MR) is 62.5 cm³/mol. The Morgan fingerprint density at radius 3 is 2.81 bits per heavy atom. The highest BCUT2D eigenvalue weighted by atomic mass is 35.5. The predicted octanol–water partition coefficient (Wildman–Crippen LogP) is 0.0871. The van der Waals surface area contributed by atoms with Crippen molar-refractivity contribution < 1.29 is 14.3 Å². The number of halogens is 1. The summed E-state index contributed by atoms with van der Waals surface area (Å²) in [6.45, 7) is 4.16. The molecule has 0 aromatic carbocycles. The summed E-state index contributed by atoms with van der Waals surface area (Å²) < 4.78 is 4.75. The Bertz CT molecular complexity index is 230. The quantitative estimate of drug-likeness (QED) is 0.679. The van der Waals surface area contributed by atoms with Crippen LogP contribution in [0.1, 0.15) is 19.8 Å². The molecule has 0 aromatic heterocycles. The second-order valence-electron chi connectivity index (χ2n) is 3.54. The third kappa shape index (κ3) is 5.32. The molecule has 1 rings (SSSR count). The Kier molecular flexibility index (Phi) is 7.93. The maximum Gasteiger partial charge on any atom is 0.307 e. The summed E-state index contributed by atoms with van der Waals surface area (Å²) in [4.78, 5) is 22.4. The van der Waals surface area contributed by atoms with Gasteiger partial charge in [-0.2, -0.15) is 0 Å². The lowest BCUT2D eigenvalue weighted by molar-refractivity contribution is -0.143. The van der Waals surface area contributed by atoms with E-state index in [1.807, 2.05) is 0 Å². The van der Waals surface area contributed by atoms with Crippen LogP contribution >= 0.6 is 12.4 Å². The monoisotopic (exact) mass is 250 g/mol. The fourth-order valence-corrected chi connectivity index (χ4v) is 1.54. The number of ether oxygens (including phenoxy) is 1.